The van der Waals surface area contributed by atoms with Crippen LogP contribution in [0.1, 0.15) is 0 Å². The molecule has 6 N–H and O–H groups in total. The second kappa shape index (κ2) is 3.51. The molecule has 7 nitrogen and oxygen atoms in total. The lowest BCUT2D eigenvalue weighted by molar-refractivity contribution is 0.181. The van der Waals surface area contributed by atoms with Gasteiger partial charge in [0.25, 0.3) is 0 Å². The molecule has 0 bridgehead atoms. The highest BCUT2D eigenvalue weighted by atomic mass is 16.2. The van der Waals surface area contributed by atoms with Crippen LogP contribution < -0.4 is 22.4 Å². The molecule has 0 unspecified atom stereocenters. The second-order valence-electron chi connectivity index (χ2n) is 1.50. The van der Waals surface area contributed by atoms with Gasteiger partial charge >= 0.3 is 12.1 Å². The number of amides is 4. The molecule has 0 aliphatic carbocycles. The van der Waals surface area contributed by atoms with Crippen molar-refractivity contribution in [3.8, 4) is 0 Å². The van der Waals surface area contributed by atoms with Gasteiger partial charge in [-0.05, 0) is 0 Å². The first-order valence-electron chi connectivity index (χ1n) is 2.38. The first-order chi connectivity index (χ1) is 4.54. The Bertz CT molecular complexity index is 146. The molecule has 0 spiro atoms. The van der Waals surface area contributed by atoms with Gasteiger partial charge in [-0.25, -0.2) is 14.6 Å². The predicted molar refractivity (Wildman–Crippen MR) is 33.2 cm³/mol. The molecule has 0 heterocycles. The van der Waals surface area contributed by atoms with E-state index in [9.17, 15) is 9.59 Å². The molecule has 58 valence electrons. The van der Waals surface area contributed by atoms with Crippen molar-refractivity contribution in [2.75, 3.05) is 7.05 Å². The van der Waals surface area contributed by atoms with Gasteiger partial charge in [0.2, 0.25) is 0 Å². The minimum atomic E-state index is -0.798. The fourth-order valence-electron chi connectivity index (χ4n) is 0.194. The Kier molecular flexibility index (Phi) is 2.98. The van der Waals surface area contributed by atoms with Gasteiger partial charge in [-0.3, -0.25) is 5.43 Å². The summed E-state index contributed by atoms with van der Waals surface area (Å²) in [7, 11) is 1.33. The molecule has 0 saturated heterocycles. The number of carbonyl (C=O) groups excluding carboxylic acids is 2. The Balaban J connectivity index is 3.49. The van der Waals surface area contributed by atoms with Crippen LogP contribution in [0, 0.1) is 0 Å². The zero-order valence-corrected chi connectivity index (χ0v) is 5.42. The Labute approximate surface area is 57.3 Å². The highest BCUT2D eigenvalue weighted by Crippen LogP contribution is 1.67. The molecule has 10 heavy (non-hydrogen) atoms. The van der Waals surface area contributed by atoms with Gasteiger partial charge in [0, 0.05) is 7.05 Å². The van der Waals surface area contributed by atoms with E-state index in [1.165, 1.54) is 7.05 Å². The number of carbonyl (C=O) groups is 2. The summed E-state index contributed by atoms with van der Waals surface area (Å²) in [6.07, 6.45) is 0. The summed E-state index contributed by atoms with van der Waals surface area (Å²) < 4.78 is 0. The number of primary amides is 2. The maximum absolute atomic E-state index is 10.2. The average molecular weight is 147 g/mol. The van der Waals surface area contributed by atoms with Gasteiger partial charge in [-0.2, -0.15) is 0 Å². The van der Waals surface area contributed by atoms with Crippen molar-refractivity contribution in [3.63, 3.8) is 0 Å². The van der Waals surface area contributed by atoms with Gasteiger partial charge < -0.3 is 11.5 Å². The summed E-state index contributed by atoms with van der Waals surface area (Å²) in [6.45, 7) is 0. The standard InChI is InChI=1S/C3H9N5O2/c1-8(3(5)10)7-6-2(4)9/h7H,1H3,(H2,5,10)(H3,4,6,9). The Morgan fingerprint density at radius 1 is 1.40 bits per heavy atom. The molecule has 0 aliphatic rings. The van der Waals surface area contributed by atoms with Crippen molar-refractivity contribution in [1.29, 1.82) is 0 Å². The summed E-state index contributed by atoms with van der Waals surface area (Å²) in [5.74, 6) is 0. The topological polar surface area (TPSA) is 113 Å². The number of nitrogens with zero attached hydrogens (tertiary/aromatic N) is 1. The largest absolute Gasteiger partial charge is 0.351 e. The smallest absolute Gasteiger partial charge is 0.330 e. The van der Waals surface area contributed by atoms with E-state index in [1.807, 2.05) is 5.43 Å². The van der Waals surface area contributed by atoms with Crippen molar-refractivity contribution in [2.24, 2.45) is 11.5 Å². The molecular formula is C3H9N5O2. The van der Waals surface area contributed by atoms with Gasteiger partial charge in [0.15, 0.2) is 0 Å². The summed E-state index contributed by atoms with van der Waals surface area (Å²) in [5, 5.41) is 0.866. The SMILES string of the molecule is CN(NNC(N)=O)C(N)=O. The fourth-order valence-corrected chi connectivity index (χ4v) is 0.194. The molecule has 0 aromatic rings. The minimum absolute atomic E-state index is 0.728. The zero-order chi connectivity index (χ0) is 8.15. The van der Waals surface area contributed by atoms with Crippen molar-refractivity contribution < 1.29 is 9.59 Å². The number of nitrogens with one attached hydrogen (secondary N) is 2. The molecule has 0 aromatic heterocycles. The number of rotatable bonds is 2. The van der Waals surface area contributed by atoms with Crippen molar-refractivity contribution >= 4 is 12.1 Å². The predicted octanol–water partition coefficient (Wildman–Crippen LogP) is -1.92. The zero-order valence-electron chi connectivity index (χ0n) is 5.42. The molecule has 0 fully saturated rings. The molecule has 0 saturated carbocycles. The Hall–Kier alpha value is -1.50. The van der Waals surface area contributed by atoms with Crippen molar-refractivity contribution in [2.45, 2.75) is 0 Å². The molecule has 0 aromatic carbocycles. The number of hydrogen-bond donors (Lipinski definition) is 4. The van der Waals surface area contributed by atoms with E-state index in [0.717, 1.165) is 5.01 Å². The van der Waals surface area contributed by atoms with E-state index in [-0.39, 0.29) is 0 Å². The van der Waals surface area contributed by atoms with Gasteiger partial charge in [-0.1, -0.05) is 0 Å². The normalized spacial score (nSPS) is 8.50. The van der Waals surface area contributed by atoms with Crippen LogP contribution in [0.5, 0.6) is 0 Å². The first kappa shape index (κ1) is 8.50. The van der Waals surface area contributed by atoms with Crippen LogP contribution in [0.3, 0.4) is 0 Å². The number of nitrogens with two attached hydrogens (primary N) is 2. The van der Waals surface area contributed by atoms with E-state index in [0.29, 0.717) is 0 Å². The van der Waals surface area contributed by atoms with E-state index in [4.69, 9.17) is 5.73 Å². The lowest BCUT2D eigenvalue weighted by Gasteiger charge is -2.14. The number of hydrogen-bond acceptors (Lipinski definition) is 3. The van der Waals surface area contributed by atoms with Gasteiger partial charge in [0.05, 0.1) is 0 Å². The number of urea groups is 2. The van der Waals surface area contributed by atoms with Crippen LogP contribution in [0.25, 0.3) is 0 Å². The molecule has 0 aliphatic heterocycles. The minimum Gasteiger partial charge on any atom is -0.351 e. The maximum atomic E-state index is 10.2. The third-order valence-electron chi connectivity index (χ3n) is 0.677. The summed E-state index contributed by atoms with van der Waals surface area (Å²) in [5.41, 5.74) is 13.5. The summed E-state index contributed by atoms with van der Waals surface area (Å²) in [6, 6.07) is -1.53. The van der Waals surface area contributed by atoms with Crippen molar-refractivity contribution in [1.82, 2.24) is 16.0 Å². The molecule has 7 heteroatoms. The maximum Gasteiger partial charge on any atom is 0.330 e. The lowest BCUT2D eigenvalue weighted by atomic mass is 11.0. The third-order valence-corrected chi connectivity index (χ3v) is 0.677. The first-order valence-corrected chi connectivity index (χ1v) is 2.38. The van der Waals surface area contributed by atoms with Gasteiger partial charge in [-0.15, -0.1) is 5.53 Å². The Morgan fingerprint density at radius 3 is 2.20 bits per heavy atom. The van der Waals surface area contributed by atoms with Crippen LogP contribution in [0.15, 0.2) is 0 Å². The third kappa shape index (κ3) is 3.50. The van der Waals surface area contributed by atoms with E-state index in [2.05, 4.69) is 11.3 Å². The van der Waals surface area contributed by atoms with Gasteiger partial charge in [0.1, 0.15) is 0 Å². The summed E-state index contributed by atoms with van der Waals surface area (Å²) in [4.78, 5) is 20.2. The lowest BCUT2D eigenvalue weighted by Crippen LogP contribution is -2.53. The summed E-state index contributed by atoms with van der Waals surface area (Å²) >= 11 is 0. The second-order valence-corrected chi connectivity index (χ2v) is 1.50. The quantitative estimate of drug-likeness (QED) is 0.341. The molecule has 0 rings (SSSR count). The molecule has 4 amide bonds. The van der Waals surface area contributed by atoms with Crippen LogP contribution in [0.4, 0.5) is 9.59 Å². The highest BCUT2D eigenvalue weighted by Gasteiger charge is 2.00. The monoisotopic (exact) mass is 147 g/mol. The van der Waals surface area contributed by atoms with Crippen LogP contribution in [-0.4, -0.2) is 24.1 Å². The van der Waals surface area contributed by atoms with E-state index < -0.39 is 12.1 Å². The van der Waals surface area contributed by atoms with Crippen molar-refractivity contribution in [3.05, 3.63) is 0 Å². The van der Waals surface area contributed by atoms with Crippen LogP contribution >= 0.6 is 0 Å². The molecular weight excluding hydrogens is 138 g/mol. The van der Waals surface area contributed by atoms with E-state index >= 15 is 0 Å². The van der Waals surface area contributed by atoms with Crippen LogP contribution in [-0.2, 0) is 0 Å². The fraction of sp³-hybridized carbons (Fsp3) is 0.333. The Morgan fingerprint density at radius 2 is 1.90 bits per heavy atom. The van der Waals surface area contributed by atoms with E-state index in [1.54, 1.807) is 0 Å². The average Bonchev–Trinajstić information content (AvgIpc) is 1.82. The number of hydrazine groups is 2. The molecule has 0 atom stereocenters. The molecule has 0 radical (unpaired) electrons. The van der Waals surface area contributed by atoms with Crippen LogP contribution in [0.2, 0.25) is 0 Å². The highest BCUT2D eigenvalue weighted by molar-refractivity contribution is 5.73.